The molecule has 8 heteroatoms. The van der Waals surface area contributed by atoms with Crippen LogP contribution in [-0.2, 0) is 17.9 Å². The zero-order valence-corrected chi connectivity index (χ0v) is 16.2. The Morgan fingerprint density at radius 2 is 1.66 bits per heavy atom. The normalized spacial score (nSPS) is 11.1. The summed E-state index contributed by atoms with van der Waals surface area (Å²) < 4.78 is 4.59. The lowest BCUT2D eigenvalue weighted by atomic mass is 10.2. The number of aromatic amines is 1. The minimum atomic E-state index is -0.347. The smallest absolute Gasteiger partial charge is 0.323 e. The quantitative estimate of drug-likeness (QED) is 0.546. The third-order valence-electron chi connectivity index (χ3n) is 4.92. The standard InChI is InChI=1S/C21H21N5O3/c1-3-24-17-10-6-7-11-18(17)25(21(24)29)13-19(27)23-15-8-4-5-9-16(15)26-14(2)12-22-20(26)28/h4-12H,3,13H2,1-2H3,(H,22,28)(H,23,27). The van der Waals surface area contributed by atoms with E-state index in [-0.39, 0.29) is 23.8 Å². The fourth-order valence-electron chi connectivity index (χ4n) is 3.59. The number of carbonyl (C=O) groups is 1. The Balaban J connectivity index is 1.68. The molecule has 0 saturated carbocycles. The summed E-state index contributed by atoms with van der Waals surface area (Å²) in [6, 6.07) is 14.5. The van der Waals surface area contributed by atoms with Crippen molar-refractivity contribution in [3.05, 3.63) is 81.4 Å². The van der Waals surface area contributed by atoms with Crippen LogP contribution in [0.2, 0.25) is 0 Å². The Morgan fingerprint density at radius 1 is 1.00 bits per heavy atom. The molecule has 0 atom stereocenters. The van der Waals surface area contributed by atoms with Crippen molar-refractivity contribution in [2.45, 2.75) is 26.9 Å². The van der Waals surface area contributed by atoms with Gasteiger partial charge in [0.25, 0.3) is 0 Å². The molecule has 148 valence electrons. The number of para-hydroxylation sites is 4. The van der Waals surface area contributed by atoms with Crippen molar-refractivity contribution in [1.29, 1.82) is 0 Å². The minimum absolute atomic E-state index is 0.123. The number of benzene rings is 2. The molecular weight excluding hydrogens is 370 g/mol. The second kappa shape index (κ2) is 7.31. The number of hydrogen-bond donors (Lipinski definition) is 2. The molecule has 2 aromatic heterocycles. The van der Waals surface area contributed by atoms with Crippen LogP contribution in [0, 0.1) is 6.92 Å². The van der Waals surface area contributed by atoms with Crippen LogP contribution in [0.5, 0.6) is 0 Å². The van der Waals surface area contributed by atoms with Crippen molar-refractivity contribution in [2.75, 3.05) is 5.32 Å². The lowest BCUT2D eigenvalue weighted by Crippen LogP contribution is -2.29. The molecule has 2 aromatic carbocycles. The predicted octanol–water partition coefficient (Wildman–Crippen LogP) is 2.25. The Kier molecular flexibility index (Phi) is 4.67. The summed E-state index contributed by atoms with van der Waals surface area (Å²) in [6.45, 7) is 4.09. The van der Waals surface area contributed by atoms with E-state index >= 15 is 0 Å². The maximum absolute atomic E-state index is 12.8. The van der Waals surface area contributed by atoms with E-state index < -0.39 is 0 Å². The zero-order chi connectivity index (χ0) is 20.5. The first-order valence-electron chi connectivity index (χ1n) is 9.35. The maximum Gasteiger partial charge on any atom is 0.330 e. The number of hydrogen-bond acceptors (Lipinski definition) is 3. The van der Waals surface area contributed by atoms with Gasteiger partial charge in [-0.15, -0.1) is 0 Å². The van der Waals surface area contributed by atoms with Gasteiger partial charge >= 0.3 is 11.4 Å². The molecule has 4 aromatic rings. The lowest BCUT2D eigenvalue weighted by molar-refractivity contribution is -0.116. The van der Waals surface area contributed by atoms with Gasteiger partial charge in [-0.25, -0.2) is 9.59 Å². The number of amides is 1. The largest absolute Gasteiger partial charge is 0.330 e. The molecule has 0 saturated heterocycles. The number of aromatic nitrogens is 4. The van der Waals surface area contributed by atoms with Gasteiger partial charge in [0.2, 0.25) is 5.91 Å². The number of aryl methyl sites for hydroxylation is 2. The first kappa shape index (κ1) is 18.5. The van der Waals surface area contributed by atoms with Crippen LogP contribution in [0.1, 0.15) is 12.6 Å². The Hall–Kier alpha value is -3.81. The molecule has 0 radical (unpaired) electrons. The monoisotopic (exact) mass is 391 g/mol. The van der Waals surface area contributed by atoms with Crippen molar-refractivity contribution in [3.8, 4) is 5.69 Å². The second-order valence-corrected chi connectivity index (χ2v) is 6.74. The van der Waals surface area contributed by atoms with Crippen molar-refractivity contribution in [2.24, 2.45) is 0 Å². The number of nitrogens with zero attached hydrogens (tertiary/aromatic N) is 3. The van der Waals surface area contributed by atoms with E-state index in [1.807, 2.05) is 31.2 Å². The molecule has 2 heterocycles. The minimum Gasteiger partial charge on any atom is -0.323 e. The van der Waals surface area contributed by atoms with Gasteiger partial charge in [0.05, 0.1) is 22.4 Å². The van der Waals surface area contributed by atoms with E-state index in [9.17, 15) is 14.4 Å². The Bertz CT molecular complexity index is 1320. The SMILES string of the molecule is CCn1c(=O)n(CC(=O)Nc2ccccc2-n2c(C)c[nH]c2=O)c2ccccc21. The van der Waals surface area contributed by atoms with Crippen LogP contribution in [0.25, 0.3) is 16.7 Å². The Morgan fingerprint density at radius 3 is 2.31 bits per heavy atom. The molecule has 0 spiro atoms. The van der Waals surface area contributed by atoms with Gasteiger partial charge in [0.15, 0.2) is 0 Å². The number of rotatable bonds is 5. The van der Waals surface area contributed by atoms with Crippen LogP contribution in [0.4, 0.5) is 5.69 Å². The van der Waals surface area contributed by atoms with E-state index in [0.717, 1.165) is 11.2 Å². The number of carbonyl (C=O) groups excluding carboxylic acids is 1. The van der Waals surface area contributed by atoms with Crippen molar-refractivity contribution >= 4 is 22.6 Å². The average molecular weight is 391 g/mol. The molecule has 0 aliphatic heterocycles. The molecule has 2 N–H and O–H groups in total. The van der Waals surface area contributed by atoms with E-state index in [1.54, 1.807) is 42.0 Å². The van der Waals surface area contributed by atoms with Gasteiger partial charge in [-0.2, -0.15) is 0 Å². The third-order valence-corrected chi connectivity index (χ3v) is 4.92. The van der Waals surface area contributed by atoms with Crippen molar-refractivity contribution in [1.82, 2.24) is 18.7 Å². The summed E-state index contributed by atoms with van der Waals surface area (Å²) in [4.78, 5) is 40.3. The molecule has 0 aliphatic rings. The van der Waals surface area contributed by atoms with Crippen LogP contribution < -0.4 is 16.7 Å². The third kappa shape index (κ3) is 3.18. The molecule has 0 fully saturated rings. The summed E-state index contributed by atoms with van der Waals surface area (Å²) in [5, 5.41) is 2.84. The first-order chi connectivity index (χ1) is 14.0. The summed E-state index contributed by atoms with van der Waals surface area (Å²) in [6.07, 6.45) is 1.61. The van der Waals surface area contributed by atoms with Crippen molar-refractivity contribution in [3.63, 3.8) is 0 Å². The number of anilines is 1. The van der Waals surface area contributed by atoms with E-state index in [2.05, 4.69) is 10.3 Å². The molecule has 4 rings (SSSR count). The molecule has 0 aliphatic carbocycles. The highest BCUT2D eigenvalue weighted by molar-refractivity contribution is 5.93. The summed E-state index contributed by atoms with van der Waals surface area (Å²) in [5.74, 6) is -0.347. The van der Waals surface area contributed by atoms with E-state index in [0.29, 0.717) is 23.4 Å². The second-order valence-electron chi connectivity index (χ2n) is 6.74. The van der Waals surface area contributed by atoms with Gasteiger partial charge in [-0.1, -0.05) is 24.3 Å². The maximum atomic E-state index is 12.8. The predicted molar refractivity (Wildman–Crippen MR) is 112 cm³/mol. The highest BCUT2D eigenvalue weighted by atomic mass is 16.2. The fourth-order valence-corrected chi connectivity index (χ4v) is 3.59. The average Bonchev–Trinajstić information content (AvgIpc) is 3.18. The van der Waals surface area contributed by atoms with Gasteiger partial charge in [-0.3, -0.25) is 18.5 Å². The highest BCUT2D eigenvalue weighted by Crippen LogP contribution is 2.20. The van der Waals surface area contributed by atoms with Crippen LogP contribution in [0.3, 0.4) is 0 Å². The van der Waals surface area contributed by atoms with Crippen LogP contribution >= 0.6 is 0 Å². The van der Waals surface area contributed by atoms with Gasteiger partial charge in [0, 0.05) is 18.4 Å². The highest BCUT2D eigenvalue weighted by Gasteiger charge is 2.16. The number of nitrogens with one attached hydrogen (secondary N) is 2. The number of H-pyrrole nitrogens is 1. The van der Waals surface area contributed by atoms with Crippen LogP contribution in [-0.4, -0.2) is 24.6 Å². The molecule has 1 amide bonds. The molecule has 0 bridgehead atoms. The van der Waals surface area contributed by atoms with Gasteiger partial charge < -0.3 is 10.3 Å². The first-order valence-corrected chi connectivity index (χ1v) is 9.35. The van der Waals surface area contributed by atoms with Crippen molar-refractivity contribution < 1.29 is 4.79 Å². The molecule has 8 nitrogen and oxygen atoms in total. The van der Waals surface area contributed by atoms with E-state index in [4.69, 9.17) is 0 Å². The van der Waals surface area contributed by atoms with Gasteiger partial charge in [-0.05, 0) is 38.1 Å². The number of fused-ring (bicyclic) bond motifs is 1. The Labute approximate surface area is 166 Å². The summed E-state index contributed by atoms with van der Waals surface area (Å²) >= 11 is 0. The fraction of sp³-hybridized carbons (Fsp3) is 0.190. The zero-order valence-electron chi connectivity index (χ0n) is 16.2. The topological polar surface area (TPSA) is 93.8 Å². The van der Waals surface area contributed by atoms with Gasteiger partial charge in [0.1, 0.15) is 6.54 Å². The summed E-state index contributed by atoms with van der Waals surface area (Å²) in [5.41, 5.74) is 2.77. The van der Waals surface area contributed by atoms with Crippen LogP contribution in [0.15, 0.2) is 64.3 Å². The van der Waals surface area contributed by atoms with E-state index in [1.165, 1.54) is 9.13 Å². The molecular formula is C21H21N5O3. The number of imidazole rings is 2. The molecule has 0 unspecified atom stereocenters. The summed E-state index contributed by atoms with van der Waals surface area (Å²) in [7, 11) is 0. The lowest BCUT2D eigenvalue weighted by Gasteiger charge is -2.12. The molecule has 29 heavy (non-hydrogen) atoms.